The zero-order chi connectivity index (χ0) is 14.7. The van der Waals surface area contributed by atoms with E-state index in [2.05, 4.69) is 45.7 Å². The van der Waals surface area contributed by atoms with Crippen LogP contribution in [0, 0.1) is 0 Å². The first-order valence-electron chi connectivity index (χ1n) is 6.98. The molecule has 0 saturated carbocycles. The van der Waals surface area contributed by atoms with Crippen LogP contribution in [0.3, 0.4) is 0 Å². The van der Waals surface area contributed by atoms with E-state index in [1.807, 2.05) is 0 Å². The second-order valence-corrected chi connectivity index (χ2v) is 8.02. The molecule has 19 heavy (non-hydrogen) atoms. The molecule has 0 radical (unpaired) electrons. The van der Waals surface area contributed by atoms with Crippen LogP contribution in [0.2, 0.25) is 0 Å². The third kappa shape index (κ3) is 12.3. The van der Waals surface area contributed by atoms with Crippen molar-refractivity contribution in [2.45, 2.75) is 74.6 Å². The van der Waals surface area contributed by atoms with Crippen molar-refractivity contribution in [3.63, 3.8) is 0 Å². The zero-order valence-corrected chi connectivity index (χ0v) is 15.7. The van der Waals surface area contributed by atoms with E-state index in [0.29, 0.717) is 9.65 Å². The van der Waals surface area contributed by atoms with Gasteiger partial charge in [0.15, 0.2) is 12.6 Å². The number of alkyl halides is 2. The molecule has 0 aromatic heterocycles. The summed E-state index contributed by atoms with van der Waals surface area (Å²) >= 11 is 7.10. The highest BCUT2D eigenvalue weighted by Crippen LogP contribution is 2.17. The Labute approximate surface area is 135 Å². The molecule has 0 spiro atoms. The zero-order valence-electron chi connectivity index (χ0n) is 12.5. The van der Waals surface area contributed by atoms with Crippen molar-refractivity contribution in [1.82, 2.24) is 0 Å². The molecule has 0 amide bonds. The minimum Gasteiger partial charge on any atom is -0.356 e. The van der Waals surface area contributed by atoms with Crippen LogP contribution >= 0.6 is 31.9 Å². The molecule has 4 unspecified atom stereocenters. The van der Waals surface area contributed by atoms with Crippen LogP contribution < -0.4 is 0 Å². The van der Waals surface area contributed by atoms with Gasteiger partial charge in [0.25, 0.3) is 0 Å². The van der Waals surface area contributed by atoms with Crippen molar-refractivity contribution in [1.29, 1.82) is 0 Å². The third-order valence-corrected chi connectivity index (χ3v) is 3.83. The first-order chi connectivity index (χ1) is 8.99. The summed E-state index contributed by atoms with van der Waals surface area (Å²) < 4.78 is 16.6. The van der Waals surface area contributed by atoms with E-state index < -0.39 is 0 Å². The number of hydrogen-bond acceptors (Lipinski definition) is 3. The summed E-state index contributed by atoms with van der Waals surface area (Å²) in [5.41, 5.74) is 0. The lowest BCUT2D eigenvalue weighted by Crippen LogP contribution is -2.25. The van der Waals surface area contributed by atoms with Crippen molar-refractivity contribution < 1.29 is 14.2 Å². The van der Waals surface area contributed by atoms with Gasteiger partial charge in [-0.05, 0) is 38.5 Å². The van der Waals surface area contributed by atoms with E-state index in [1.54, 1.807) is 14.2 Å². The molecule has 0 heterocycles. The Hall–Kier alpha value is 0.840. The van der Waals surface area contributed by atoms with Crippen molar-refractivity contribution in [3.8, 4) is 0 Å². The summed E-state index contributed by atoms with van der Waals surface area (Å²) in [5, 5.41) is 0. The molecule has 0 aliphatic rings. The largest absolute Gasteiger partial charge is 0.356 e. The molecular weight excluding hydrogens is 376 g/mol. The summed E-state index contributed by atoms with van der Waals surface area (Å²) in [4.78, 5) is 1.09. The number of hydrogen-bond donors (Lipinski definition) is 0. The normalized spacial score (nSPS) is 18.0. The molecule has 0 aromatic rings. The van der Waals surface area contributed by atoms with Gasteiger partial charge in [-0.3, -0.25) is 0 Å². The van der Waals surface area contributed by atoms with E-state index in [0.717, 1.165) is 38.5 Å². The summed E-state index contributed by atoms with van der Waals surface area (Å²) in [6.45, 7) is 4.31. The SMILES string of the molecule is COC(CCCC(C)Br)OC(CCCC(C)Br)OC. The summed E-state index contributed by atoms with van der Waals surface area (Å²) in [5.74, 6) is 0. The average Bonchev–Trinajstić information content (AvgIpc) is 2.34. The highest BCUT2D eigenvalue weighted by molar-refractivity contribution is 9.09. The first-order valence-corrected chi connectivity index (χ1v) is 8.81. The fourth-order valence-corrected chi connectivity index (χ4v) is 2.43. The number of methoxy groups -OCH3 is 2. The highest BCUT2D eigenvalue weighted by atomic mass is 79.9. The molecule has 116 valence electrons. The van der Waals surface area contributed by atoms with Crippen molar-refractivity contribution in [2.24, 2.45) is 0 Å². The van der Waals surface area contributed by atoms with E-state index >= 15 is 0 Å². The second-order valence-electron chi connectivity index (χ2n) is 4.89. The lowest BCUT2D eigenvalue weighted by atomic mass is 10.2. The highest BCUT2D eigenvalue weighted by Gasteiger charge is 2.16. The van der Waals surface area contributed by atoms with Gasteiger partial charge in [-0.2, -0.15) is 0 Å². The number of rotatable bonds is 12. The van der Waals surface area contributed by atoms with Crippen LogP contribution in [0.15, 0.2) is 0 Å². The monoisotopic (exact) mass is 402 g/mol. The van der Waals surface area contributed by atoms with Gasteiger partial charge in [-0.15, -0.1) is 0 Å². The summed E-state index contributed by atoms with van der Waals surface area (Å²) in [6.07, 6.45) is 5.89. The molecule has 0 N–H and O–H groups in total. The minimum atomic E-state index is -0.169. The summed E-state index contributed by atoms with van der Waals surface area (Å²) in [7, 11) is 3.38. The van der Waals surface area contributed by atoms with Crippen molar-refractivity contribution in [3.05, 3.63) is 0 Å². The maximum absolute atomic E-state index is 5.84. The van der Waals surface area contributed by atoms with Crippen LogP contribution in [0.4, 0.5) is 0 Å². The molecule has 0 rings (SSSR count). The standard InChI is InChI=1S/C14H28Br2O3/c1-11(15)7-5-9-13(17-3)19-14(18-4)10-6-8-12(2)16/h11-14H,5-10H2,1-4H3. The quantitative estimate of drug-likeness (QED) is 0.344. The Morgan fingerprint density at radius 3 is 1.37 bits per heavy atom. The average molecular weight is 404 g/mol. The van der Waals surface area contributed by atoms with Crippen LogP contribution in [0.25, 0.3) is 0 Å². The molecule has 4 atom stereocenters. The molecule has 5 heteroatoms. The Kier molecular flexibility index (Phi) is 13.1. The van der Waals surface area contributed by atoms with Crippen LogP contribution in [-0.4, -0.2) is 36.5 Å². The Morgan fingerprint density at radius 2 is 1.11 bits per heavy atom. The fourth-order valence-electron chi connectivity index (χ4n) is 1.78. The molecule has 0 fully saturated rings. The summed E-state index contributed by atoms with van der Waals surface area (Å²) in [6, 6.07) is 0. The Bertz CT molecular complexity index is 181. The van der Waals surface area contributed by atoms with Gasteiger partial charge in [0.05, 0.1) is 0 Å². The van der Waals surface area contributed by atoms with Crippen molar-refractivity contribution in [2.75, 3.05) is 14.2 Å². The van der Waals surface area contributed by atoms with Gasteiger partial charge < -0.3 is 14.2 Å². The lowest BCUT2D eigenvalue weighted by Gasteiger charge is -2.23. The maximum atomic E-state index is 5.84. The Balaban J connectivity index is 3.88. The van der Waals surface area contributed by atoms with Gasteiger partial charge in [0, 0.05) is 23.9 Å². The molecular formula is C14H28Br2O3. The van der Waals surface area contributed by atoms with E-state index in [-0.39, 0.29) is 12.6 Å². The van der Waals surface area contributed by atoms with Crippen LogP contribution in [0.5, 0.6) is 0 Å². The molecule has 0 aromatic carbocycles. The van der Waals surface area contributed by atoms with Gasteiger partial charge in [-0.25, -0.2) is 0 Å². The lowest BCUT2D eigenvalue weighted by molar-refractivity contribution is -0.233. The molecule has 0 saturated heterocycles. The predicted molar refractivity (Wildman–Crippen MR) is 87.2 cm³/mol. The van der Waals surface area contributed by atoms with Crippen LogP contribution in [0.1, 0.15) is 52.4 Å². The van der Waals surface area contributed by atoms with E-state index in [4.69, 9.17) is 14.2 Å². The minimum absolute atomic E-state index is 0.169. The predicted octanol–water partition coefficient (Wildman–Crippen LogP) is 4.86. The molecule has 3 nitrogen and oxygen atoms in total. The molecule has 0 aliphatic carbocycles. The van der Waals surface area contributed by atoms with E-state index in [1.165, 1.54) is 0 Å². The van der Waals surface area contributed by atoms with Gasteiger partial charge in [0.2, 0.25) is 0 Å². The second kappa shape index (κ2) is 12.6. The topological polar surface area (TPSA) is 27.7 Å². The number of halogens is 2. The fraction of sp³-hybridized carbons (Fsp3) is 1.00. The molecule has 0 bridgehead atoms. The number of ether oxygens (including phenoxy) is 3. The van der Waals surface area contributed by atoms with Gasteiger partial charge in [-0.1, -0.05) is 45.7 Å². The molecule has 0 aliphatic heterocycles. The van der Waals surface area contributed by atoms with Gasteiger partial charge >= 0.3 is 0 Å². The van der Waals surface area contributed by atoms with Crippen molar-refractivity contribution >= 4 is 31.9 Å². The van der Waals surface area contributed by atoms with Gasteiger partial charge in [0.1, 0.15) is 0 Å². The third-order valence-electron chi connectivity index (χ3n) is 2.91. The van der Waals surface area contributed by atoms with Crippen LogP contribution in [-0.2, 0) is 14.2 Å². The Morgan fingerprint density at radius 1 is 0.737 bits per heavy atom. The van der Waals surface area contributed by atoms with E-state index in [9.17, 15) is 0 Å². The first kappa shape index (κ1) is 19.8. The smallest absolute Gasteiger partial charge is 0.160 e. The maximum Gasteiger partial charge on any atom is 0.160 e.